The Labute approximate surface area is 227 Å². The van der Waals surface area contributed by atoms with E-state index in [0.29, 0.717) is 49.5 Å². The quantitative estimate of drug-likeness (QED) is 0.0945. The van der Waals surface area contributed by atoms with Gasteiger partial charge in [-0.3, -0.25) is 4.79 Å². The molecule has 1 aliphatic heterocycles. The first-order chi connectivity index (χ1) is 18.0. The monoisotopic (exact) mass is 574 g/mol. The summed E-state index contributed by atoms with van der Waals surface area (Å²) >= 11 is 3.22. The van der Waals surface area contributed by atoms with Crippen LogP contribution in [0.2, 0.25) is 0 Å². The molecule has 2 aromatic rings. The van der Waals surface area contributed by atoms with Gasteiger partial charge in [0, 0.05) is 17.5 Å². The zero-order valence-electron chi connectivity index (χ0n) is 21.8. The Morgan fingerprint density at radius 3 is 2.43 bits per heavy atom. The lowest BCUT2D eigenvalue weighted by Crippen LogP contribution is -2.32. The minimum atomic E-state index is -0.588. The summed E-state index contributed by atoms with van der Waals surface area (Å²) in [4.78, 5) is 24.3. The number of carbonyl (C=O) groups excluding carboxylic acids is 2. The summed E-state index contributed by atoms with van der Waals surface area (Å²) < 4.78 is 28.7. The van der Waals surface area contributed by atoms with Gasteiger partial charge in [-0.15, -0.1) is 6.58 Å². The first-order valence-electron chi connectivity index (χ1n) is 12.5. The number of Topliss-reactive ketones (excluding diaryl/α,β-unsaturated/α-hetero) is 1. The van der Waals surface area contributed by atoms with Crippen molar-refractivity contribution in [3.8, 4) is 23.0 Å². The molecule has 1 heterocycles. The first-order valence-corrected chi connectivity index (χ1v) is 13.7. The molecule has 200 valence electrons. The summed E-state index contributed by atoms with van der Waals surface area (Å²) in [6, 6.07) is 7.53. The van der Waals surface area contributed by atoms with Gasteiger partial charge in [-0.05, 0) is 49.4 Å². The highest BCUT2D eigenvalue weighted by Gasteiger charge is 2.29. The molecule has 0 spiro atoms. The maximum absolute atomic E-state index is 12.3. The zero-order valence-corrected chi connectivity index (χ0v) is 23.4. The molecule has 0 N–H and O–H groups in total. The maximum Gasteiger partial charge on any atom is 0.347 e. The third-order valence-electron chi connectivity index (χ3n) is 6.19. The van der Waals surface area contributed by atoms with Crippen molar-refractivity contribution >= 4 is 27.7 Å². The highest BCUT2D eigenvalue weighted by molar-refractivity contribution is 9.09. The van der Waals surface area contributed by atoms with Crippen LogP contribution in [0.3, 0.4) is 0 Å². The van der Waals surface area contributed by atoms with Crippen LogP contribution in [-0.4, -0.2) is 50.6 Å². The van der Waals surface area contributed by atoms with Crippen LogP contribution in [0.5, 0.6) is 23.0 Å². The Morgan fingerprint density at radius 2 is 1.81 bits per heavy atom. The van der Waals surface area contributed by atoms with Gasteiger partial charge in [0.05, 0.1) is 38.3 Å². The standard InChI is InChI=1S/C29H35BrO7/c1-5-8-21-24(13-10-19-11-14-26(29(32)34-4)37-27(19)21)35-16-7-17-36-25-15-12-20(23(31)18-30)28(33-3)22(25)9-6-2/h6,10,12-13,15,26H,2,5,7-9,11,14,16-18H2,1,3-4H3. The molecule has 1 unspecified atom stereocenters. The van der Waals surface area contributed by atoms with E-state index < -0.39 is 6.10 Å². The number of alkyl halides is 1. The van der Waals surface area contributed by atoms with Gasteiger partial charge in [0.25, 0.3) is 0 Å². The van der Waals surface area contributed by atoms with E-state index in [2.05, 4.69) is 29.4 Å². The van der Waals surface area contributed by atoms with Crippen LogP contribution in [0.25, 0.3) is 0 Å². The fraction of sp³-hybridized carbons (Fsp3) is 0.448. The van der Waals surface area contributed by atoms with Gasteiger partial charge in [-0.25, -0.2) is 4.79 Å². The number of carbonyl (C=O) groups is 2. The number of benzene rings is 2. The van der Waals surface area contributed by atoms with Crippen molar-refractivity contribution in [1.29, 1.82) is 0 Å². The molecule has 0 saturated heterocycles. The topological polar surface area (TPSA) is 80.3 Å². The molecule has 37 heavy (non-hydrogen) atoms. The fourth-order valence-corrected chi connectivity index (χ4v) is 4.74. The van der Waals surface area contributed by atoms with E-state index >= 15 is 0 Å². The number of aryl methyl sites for hydroxylation is 1. The number of hydrogen-bond acceptors (Lipinski definition) is 7. The predicted molar refractivity (Wildman–Crippen MR) is 146 cm³/mol. The second-order valence-corrected chi connectivity index (χ2v) is 9.23. The van der Waals surface area contributed by atoms with Crippen molar-refractivity contribution in [1.82, 2.24) is 0 Å². The number of esters is 1. The van der Waals surface area contributed by atoms with Gasteiger partial charge in [0.1, 0.15) is 23.0 Å². The summed E-state index contributed by atoms with van der Waals surface area (Å²) in [5.74, 6) is 2.27. The highest BCUT2D eigenvalue weighted by Crippen LogP contribution is 2.38. The van der Waals surface area contributed by atoms with Gasteiger partial charge >= 0.3 is 5.97 Å². The molecular weight excluding hydrogens is 540 g/mol. The average Bonchev–Trinajstić information content (AvgIpc) is 2.93. The third kappa shape index (κ3) is 6.86. The molecule has 0 aromatic heterocycles. The Kier molecular flexibility index (Phi) is 10.9. The van der Waals surface area contributed by atoms with Crippen LogP contribution in [0, 0.1) is 0 Å². The molecule has 1 atom stereocenters. The molecule has 8 heteroatoms. The molecule has 0 saturated carbocycles. The largest absolute Gasteiger partial charge is 0.496 e. The van der Waals surface area contributed by atoms with Crippen molar-refractivity contribution in [2.75, 3.05) is 32.8 Å². The van der Waals surface area contributed by atoms with Gasteiger partial charge in [0.2, 0.25) is 0 Å². The molecular formula is C29H35BrO7. The number of ketones is 1. The van der Waals surface area contributed by atoms with E-state index in [9.17, 15) is 9.59 Å². The van der Waals surface area contributed by atoms with Crippen LogP contribution in [0.4, 0.5) is 0 Å². The minimum Gasteiger partial charge on any atom is -0.496 e. The van der Waals surface area contributed by atoms with Gasteiger partial charge in [-0.2, -0.15) is 0 Å². The first kappa shape index (κ1) is 28.6. The number of halogens is 1. The van der Waals surface area contributed by atoms with Gasteiger partial charge in [0.15, 0.2) is 11.9 Å². The van der Waals surface area contributed by atoms with E-state index in [-0.39, 0.29) is 17.1 Å². The van der Waals surface area contributed by atoms with E-state index in [0.717, 1.165) is 47.5 Å². The van der Waals surface area contributed by atoms with E-state index in [1.807, 2.05) is 12.1 Å². The van der Waals surface area contributed by atoms with Crippen molar-refractivity contribution in [2.45, 2.75) is 51.6 Å². The molecule has 0 aliphatic carbocycles. The average molecular weight is 575 g/mol. The molecule has 0 radical (unpaired) electrons. The number of allylic oxidation sites excluding steroid dienone is 1. The van der Waals surface area contributed by atoms with E-state index in [1.54, 1.807) is 25.3 Å². The predicted octanol–water partition coefficient (Wildman–Crippen LogP) is 5.67. The lowest BCUT2D eigenvalue weighted by Gasteiger charge is -2.27. The van der Waals surface area contributed by atoms with Crippen LogP contribution < -0.4 is 18.9 Å². The van der Waals surface area contributed by atoms with Gasteiger partial charge in [-0.1, -0.05) is 41.4 Å². The van der Waals surface area contributed by atoms with Crippen LogP contribution in [0.1, 0.15) is 53.2 Å². The lowest BCUT2D eigenvalue weighted by molar-refractivity contribution is -0.149. The smallest absolute Gasteiger partial charge is 0.347 e. The molecule has 0 amide bonds. The Morgan fingerprint density at radius 1 is 1.11 bits per heavy atom. The van der Waals surface area contributed by atoms with E-state index in [1.165, 1.54) is 7.11 Å². The number of fused-ring (bicyclic) bond motifs is 1. The fourth-order valence-electron chi connectivity index (χ4n) is 4.44. The van der Waals surface area contributed by atoms with E-state index in [4.69, 9.17) is 23.7 Å². The minimum absolute atomic E-state index is 0.0584. The van der Waals surface area contributed by atoms with Crippen molar-refractivity contribution in [3.63, 3.8) is 0 Å². The van der Waals surface area contributed by atoms with Crippen LogP contribution in [0.15, 0.2) is 36.9 Å². The zero-order chi connectivity index (χ0) is 26.8. The summed E-state index contributed by atoms with van der Waals surface area (Å²) in [6.45, 7) is 6.80. The normalized spacial score (nSPS) is 14.2. The van der Waals surface area contributed by atoms with Gasteiger partial charge < -0.3 is 23.7 Å². The SMILES string of the molecule is C=CCc1c(OCCCOc2ccc3c(c2CCC)OC(C(=O)OC)CC3)ccc(C(=O)CBr)c1OC. The summed E-state index contributed by atoms with van der Waals surface area (Å²) in [6.07, 6.45) is 5.40. The maximum atomic E-state index is 12.3. The van der Waals surface area contributed by atoms with Crippen molar-refractivity contribution in [2.24, 2.45) is 0 Å². The molecule has 3 rings (SSSR count). The van der Waals surface area contributed by atoms with Crippen LogP contribution >= 0.6 is 15.9 Å². The Balaban J connectivity index is 1.66. The summed E-state index contributed by atoms with van der Waals surface area (Å²) in [5.41, 5.74) is 3.38. The Bertz CT molecular complexity index is 1110. The number of hydrogen-bond donors (Lipinski definition) is 0. The number of methoxy groups -OCH3 is 2. The molecule has 2 aromatic carbocycles. The molecule has 7 nitrogen and oxygen atoms in total. The van der Waals surface area contributed by atoms with Crippen LogP contribution in [-0.2, 0) is 28.8 Å². The second kappa shape index (κ2) is 14.1. The summed E-state index contributed by atoms with van der Waals surface area (Å²) in [5, 5.41) is 0.214. The third-order valence-corrected chi connectivity index (χ3v) is 6.70. The van der Waals surface area contributed by atoms with Crippen molar-refractivity contribution in [3.05, 3.63) is 59.2 Å². The number of ether oxygens (including phenoxy) is 5. The highest BCUT2D eigenvalue weighted by atomic mass is 79.9. The molecule has 0 fully saturated rings. The molecule has 1 aliphatic rings. The second-order valence-electron chi connectivity index (χ2n) is 8.67. The van der Waals surface area contributed by atoms with Crippen molar-refractivity contribution < 1.29 is 33.3 Å². The molecule has 0 bridgehead atoms. The lowest BCUT2D eigenvalue weighted by atomic mass is 9.96. The summed E-state index contributed by atoms with van der Waals surface area (Å²) in [7, 11) is 2.93. The number of rotatable bonds is 14. The Hall–Kier alpha value is -3.00.